The van der Waals surface area contributed by atoms with E-state index in [1.54, 1.807) is 36.4 Å². The number of amides is 1. The van der Waals surface area contributed by atoms with Crippen molar-refractivity contribution in [3.8, 4) is 5.75 Å². The van der Waals surface area contributed by atoms with E-state index in [2.05, 4.69) is 11.4 Å². The van der Waals surface area contributed by atoms with Crippen LogP contribution >= 0.6 is 0 Å². The maximum absolute atomic E-state index is 11.5. The summed E-state index contributed by atoms with van der Waals surface area (Å²) in [7, 11) is 0. The summed E-state index contributed by atoms with van der Waals surface area (Å²) in [5.74, 6) is 0.511. The second-order valence-electron chi connectivity index (χ2n) is 3.61. The molecule has 0 aliphatic rings. The van der Waals surface area contributed by atoms with Gasteiger partial charge in [-0.1, -0.05) is 30.8 Å². The second-order valence-corrected chi connectivity index (χ2v) is 3.61. The Kier molecular flexibility index (Phi) is 6.03. The third kappa shape index (κ3) is 4.59. The molecule has 89 valence electrons. The van der Waals surface area contributed by atoms with Crippen LogP contribution in [-0.4, -0.2) is 6.09 Å². The van der Waals surface area contributed by atoms with Crippen LogP contribution in [0.15, 0.2) is 48.5 Å². The van der Waals surface area contributed by atoms with Crippen molar-refractivity contribution in [2.75, 3.05) is 5.32 Å². The molecule has 0 aliphatic heterocycles. The topological polar surface area (TPSA) is 38.3 Å². The van der Waals surface area contributed by atoms with Gasteiger partial charge in [-0.05, 0) is 12.1 Å². The van der Waals surface area contributed by atoms with Crippen molar-refractivity contribution in [1.82, 2.24) is 0 Å². The van der Waals surface area contributed by atoms with Crippen molar-refractivity contribution in [3.05, 3.63) is 60.2 Å². The van der Waals surface area contributed by atoms with Gasteiger partial charge in [0.15, 0.2) is 0 Å². The predicted octanol–water partition coefficient (Wildman–Crippen LogP) is 3.40. The number of carbonyl (C=O) groups is 1. The van der Waals surface area contributed by atoms with Gasteiger partial charge in [0.25, 0.3) is 0 Å². The molecule has 2 rings (SSSR count). The summed E-state index contributed by atoms with van der Waals surface area (Å²) < 4.78 is 5.08. The Morgan fingerprint density at radius 2 is 1.89 bits per heavy atom. The second kappa shape index (κ2) is 7.29. The molecule has 1 radical (unpaired) electrons. The van der Waals surface area contributed by atoms with Gasteiger partial charge >= 0.3 is 6.09 Å². The molecule has 0 bridgehead atoms. The van der Waals surface area contributed by atoms with Crippen molar-refractivity contribution in [1.29, 1.82) is 0 Å². The SMILES string of the molecule is Cc1c[c-]c(NC(=O)Oc2ccccc2)cc1.[Y]. The molecule has 3 nitrogen and oxygen atoms in total. The van der Waals surface area contributed by atoms with Crippen LogP contribution in [-0.2, 0) is 32.7 Å². The molecule has 1 N–H and O–H groups in total. The summed E-state index contributed by atoms with van der Waals surface area (Å²) >= 11 is 0. The Morgan fingerprint density at radius 3 is 2.50 bits per heavy atom. The Hall–Kier alpha value is -1.19. The molecule has 0 saturated carbocycles. The Labute approximate surface area is 131 Å². The number of hydrogen-bond donors (Lipinski definition) is 1. The van der Waals surface area contributed by atoms with Crippen LogP contribution in [0, 0.1) is 13.0 Å². The molecule has 2 aromatic rings. The van der Waals surface area contributed by atoms with Crippen LogP contribution in [0.1, 0.15) is 5.56 Å². The predicted molar refractivity (Wildman–Crippen MR) is 66.1 cm³/mol. The number of nitrogens with one attached hydrogen (secondary N) is 1. The Balaban J connectivity index is 0.00000162. The smallest absolute Gasteiger partial charge is 0.410 e. The standard InChI is InChI=1S/C14H12NO2.Y/c1-11-7-9-12(10-8-11)15-14(16)17-13-5-3-2-4-6-13;/h2-9H,1H3,(H,15,16);/q-1;. The maximum atomic E-state index is 11.5. The van der Waals surface area contributed by atoms with Gasteiger partial charge in [-0.2, -0.15) is 23.8 Å². The van der Waals surface area contributed by atoms with E-state index in [0.717, 1.165) is 5.56 Å². The minimum atomic E-state index is -0.517. The quantitative estimate of drug-likeness (QED) is 0.863. The Morgan fingerprint density at radius 1 is 1.17 bits per heavy atom. The normalized spacial score (nSPS) is 9.17. The van der Waals surface area contributed by atoms with E-state index in [1.165, 1.54) is 0 Å². The molecular formula is C14H12NO2Y-. The van der Waals surface area contributed by atoms with Crippen LogP contribution in [0.25, 0.3) is 0 Å². The average molecular weight is 315 g/mol. The van der Waals surface area contributed by atoms with Crippen LogP contribution < -0.4 is 10.1 Å². The van der Waals surface area contributed by atoms with Crippen LogP contribution in [0.5, 0.6) is 5.75 Å². The average Bonchev–Trinajstić information content (AvgIpc) is 2.33. The first kappa shape index (κ1) is 14.9. The van der Waals surface area contributed by atoms with Gasteiger partial charge in [0, 0.05) is 32.7 Å². The van der Waals surface area contributed by atoms with E-state index in [9.17, 15) is 4.79 Å². The summed E-state index contributed by atoms with van der Waals surface area (Å²) in [6.07, 6.45) is -0.517. The maximum Gasteiger partial charge on any atom is 0.415 e. The summed E-state index contributed by atoms with van der Waals surface area (Å²) in [4.78, 5) is 11.5. The molecular weight excluding hydrogens is 303 g/mol. The number of carbonyl (C=O) groups excluding carboxylic acids is 1. The van der Waals surface area contributed by atoms with E-state index in [-0.39, 0.29) is 32.7 Å². The molecule has 0 heterocycles. The van der Waals surface area contributed by atoms with Crippen molar-refractivity contribution in [2.45, 2.75) is 6.92 Å². The van der Waals surface area contributed by atoms with Gasteiger partial charge in [0.05, 0.1) is 0 Å². The zero-order chi connectivity index (χ0) is 12.1. The fraction of sp³-hybridized carbons (Fsp3) is 0.0714. The van der Waals surface area contributed by atoms with Gasteiger partial charge in [0.2, 0.25) is 0 Å². The van der Waals surface area contributed by atoms with Crippen molar-refractivity contribution in [2.24, 2.45) is 0 Å². The molecule has 0 saturated heterocycles. The van der Waals surface area contributed by atoms with Crippen molar-refractivity contribution < 1.29 is 42.2 Å². The fourth-order valence-electron chi connectivity index (χ4n) is 1.31. The minimum Gasteiger partial charge on any atom is -0.410 e. The van der Waals surface area contributed by atoms with Crippen LogP contribution in [0.2, 0.25) is 0 Å². The molecule has 0 spiro atoms. The minimum absolute atomic E-state index is 0. The first-order valence-corrected chi connectivity index (χ1v) is 5.26. The van der Waals surface area contributed by atoms with Gasteiger partial charge in [-0.25, -0.2) is 4.79 Å². The largest absolute Gasteiger partial charge is 0.415 e. The third-order valence-corrected chi connectivity index (χ3v) is 2.16. The van der Waals surface area contributed by atoms with Crippen LogP contribution in [0.4, 0.5) is 10.5 Å². The number of rotatable bonds is 2. The molecule has 1 amide bonds. The van der Waals surface area contributed by atoms with Crippen LogP contribution in [0.3, 0.4) is 0 Å². The number of aryl methyl sites for hydroxylation is 1. The zero-order valence-electron chi connectivity index (χ0n) is 10.0. The molecule has 0 atom stereocenters. The number of para-hydroxylation sites is 1. The van der Waals surface area contributed by atoms with E-state index in [4.69, 9.17) is 4.74 Å². The molecule has 0 fully saturated rings. The van der Waals surface area contributed by atoms with Gasteiger partial charge in [-0.3, -0.25) is 0 Å². The first-order valence-electron chi connectivity index (χ1n) is 5.26. The van der Waals surface area contributed by atoms with Gasteiger partial charge < -0.3 is 10.1 Å². The monoisotopic (exact) mass is 315 g/mol. The number of benzene rings is 2. The Bertz CT molecular complexity index is 497. The summed E-state index contributed by atoms with van der Waals surface area (Å²) in [6, 6.07) is 17.3. The van der Waals surface area contributed by atoms with Gasteiger partial charge in [0.1, 0.15) is 5.75 Å². The first-order chi connectivity index (χ1) is 8.24. The molecule has 0 aliphatic carbocycles. The van der Waals surface area contributed by atoms with E-state index in [0.29, 0.717) is 11.4 Å². The molecule has 2 aromatic carbocycles. The van der Waals surface area contributed by atoms with E-state index >= 15 is 0 Å². The summed E-state index contributed by atoms with van der Waals surface area (Å²) in [6.45, 7) is 1.96. The molecule has 0 unspecified atom stereocenters. The molecule has 4 heteroatoms. The number of anilines is 1. The summed E-state index contributed by atoms with van der Waals surface area (Å²) in [5.41, 5.74) is 1.68. The van der Waals surface area contributed by atoms with Crippen molar-refractivity contribution >= 4 is 11.8 Å². The molecule has 0 aromatic heterocycles. The van der Waals surface area contributed by atoms with E-state index < -0.39 is 6.09 Å². The molecule has 18 heavy (non-hydrogen) atoms. The number of ether oxygens (including phenoxy) is 1. The fourth-order valence-corrected chi connectivity index (χ4v) is 1.31. The third-order valence-electron chi connectivity index (χ3n) is 2.16. The van der Waals surface area contributed by atoms with E-state index in [1.807, 2.05) is 19.1 Å². The van der Waals surface area contributed by atoms with Crippen molar-refractivity contribution in [3.63, 3.8) is 0 Å². The summed E-state index contributed by atoms with van der Waals surface area (Å²) in [5, 5.41) is 2.60. The zero-order valence-corrected chi connectivity index (χ0v) is 12.9. The number of hydrogen-bond acceptors (Lipinski definition) is 2. The van der Waals surface area contributed by atoms with Gasteiger partial charge in [-0.15, -0.1) is 6.07 Å².